The first-order valence-corrected chi connectivity index (χ1v) is 7.97. The normalized spacial score (nSPS) is 10.6. The second-order valence-electron chi connectivity index (χ2n) is 5.71. The maximum atomic E-state index is 12.4. The minimum Gasteiger partial charge on any atom is -0.350 e. The van der Waals surface area contributed by atoms with Crippen molar-refractivity contribution in [2.45, 2.75) is 20.4 Å². The van der Waals surface area contributed by atoms with E-state index in [9.17, 15) is 9.59 Å². The number of hydrogen-bond acceptors (Lipinski definition) is 4. The largest absolute Gasteiger partial charge is 0.350 e. The Morgan fingerprint density at radius 1 is 1.20 bits per heavy atom. The highest BCUT2D eigenvalue weighted by molar-refractivity contribution is 5.95. The van der Waals surface area contributed by atoms with E-state index in [1.807, 2.05) is 37.3 Å². The summed E-state index contributed by atoms with van der Waals surface area (Å²) in [6.45, 7) is 4.31. The molecule has 2 aromatic heterocycles. The first-order valence-electron chi connectivity index (χ1n) is 7.97. The topological polar surface area (TPSA) is 81.8 Å². The summed E-state index contributed by atoms with van der Waals surface area (Å²) in [5.41, 5.74) is 2.72. The summed E-state index contributed by atoms with van der Waals surface area (Å²) in [5.74, 6) is -0.215. The van der Waals surface area contributed by atoms with Crippen molar-refractivity contribution in [2.75, 3.05) is 6.54 Å². The van der Waals surface area contributed by atoms with E-state index in [2.05, 4.69) is 15.4 Å². The Bertz CT molecular complexity index is 944. The van der Waals surface area contributed by atoms with Crippen LogP contribution in [0.2, 0.25) is 0 Å². The van der Waals surface area contributed by atoms with Gasteiger partial charge < -0.3 is 5.32 Å². The first-order chi connectivity index (χ1) is 12.1. The molecule has 128 valence electrons. The Labute approximate surface area is 144 Å². The molecule has 25 heavy (non-hydrogen) atoms. The lowest BCUT2D eigenvalue weighted by molar-refractivity contribution is 0.0951. The van der Waals surface area contributed by atoms with E-state index in [0.29, 0.717) is 24.3 Å². The molecule has 0 radical (unpaired) electrons. The highest BCUT2D eigenvalue weighted by atomic mass is 16.1. The number of amides is 1. The molecule has 0 aliphatic carbocycles. The third-order valence-electron chi connectivity index (χ3n) is 3.91. The highest BCUT2D eigenvalue weighted by Crippen LogP contribution is 2.13. The van der Waals surface area contributed by atoms with Gasteiger partial charge in [-0.25, -0.2) is 9.67 Å². The summed E-state index contributed by atoms with van der Waals surface area (Å²) >= 11 is 0. The van der Waals surface area contributed by atoms with Crippen LogP contribution in [-0.4, -0.2) is 31.8 Å². The van der Waals surface area contributed by atoms with Crippen molar-refractivity contribution in [1.82, 2.24) is 24.6 Å². The fourth-order valence-electron chi connectivity index (χ4n) is 2.53. The van der Waals surface area contributed by atoms with Crippen molar-refractivity contribution >= 4 is 5.91 Å². The predicted octanol–water partition coefficient (Wildman–Crippen LogP) is 1.48. The van der Waals surface area contributed by atoms with Crippen molar-refractivity contribution < 1.29 is 4.79 Å². The number of aromatic nitrogens is 4. The van der Waals surface area contributed by atoms with E-state index in [-0.39, 0.29) is 11.5 Å². The first kappa shape index (κ1) is 16.6. The molecule has 0 saturated heterocycles. The number of benzene rings is 1. The average molecular weight is 337 g/mol. The zero-order valence-corrected chi connectivity index (χ0v) is 14.1. The molecular formula is C18H19N5O2. The van der Waals surface area contributed by atoms with Gasteiger partial charge in [0.25, 0.3) is 11.5 Å². The summed E-state index contributed by atoms with van der Waals surface area (Å²) < 4.78 is 3.19. The van der Waals surface area contributed by atoms with Gasteiger partial charge in [-0.1, -0.05) is 18.2 Å². The summed E-state index contributed by atoms with van der Waals surface area (Å²) in [7, 11) is 0. The maximum Gasteiger partial charge on any atom is 0.254 e. The molecule has 0 saturated carbocycles. The molecule has 1 aromatic carbocycles. The molecule has 1 N–H and O–H groups in total. The van der Waals surface area contributed by atoms with E-state index in [1.54, 1.807) is 17.8 Å². The lowest BCUT2D eigenvalue weighted by atomic mass is 10.2. The number of rotatable bonds is 5. The number of nitrogens with zero attached hydrogens (tertiary/aromatic N) is 4. The number of carbonyl (C=O) groups is 1. The van der Waals surface area contributed by atoms with Gasteiger partial charge in [0, 0.05) is 24.8 Å². The van der Waals surface area contributed by atoms with Crippen LogP contribution in [0.5, 0.6) is 0 Å². The van der Waals surface area contributed by atoms with E-state index >= 15 is 0 Å². The Kier molecular flexibility index (Phi) is 4.74. The monoisotopic (exact) mass is 337 g/mol. The van der Waals surface area contributed by atoms with Gasteiger partial charge in [-0.15, -0.1) is 0 Å². The van der Waals surface area contributed by atoms with E-state index < -0.39 is 0 Å². The maximum absolute atomic E-state index is 12.4. The molecule has 0 fully saturated rings. The third-order valence-corrected chi connectivity index (χ3v) is 3.91. The smallest absolute Gasteiger partial charge is 0.254 e. The van der Waals surface area contributed by atoms with E-state index in [0.717, 1.165) is 11.4 Å². The number of para-hydroxylation sites is 1. The van der Waals surface area contributed by atoms with Crippen molar-refractivity contribution in [2.24, 2.45) is 0 Å². The lowest BCUT2D eigenvalue weighted by Crippen LogP contribution is -2.31. The molecule has 7 nitrogen and oxygen atoms in total. The molecule has 2 heterocycles. The van der Waals surface area contributed by atoms with Crippen LogP contribution in [0, 0.1) is 13.8 Å². The van der Waals surface area contributed by atoms with Gasteiger partial charge in [0.1, 0.15) is 0 Å². The third kappa shape index (κ3) is 3.65. The lowest BCUT2D eigenvalue weighted by Gasteiger charge is -2.08. The molecule has 0 spiro atoms. The Hall–Kier alpha value is -3.22. The van der Waals surface area contributed by atoms with Crippen LogP contribution < -0.4 is 10.9 Å². The number of aryl methyl sites for hydroxylation is 1. The van der Waals surface area contributed by atoms with Gasteiger partial charge in [0.05, 0.1) is 29.5 Å². The van der Waals surface area contributed by atoms with Gasteiger partial charge in [-0.2, -0.15) is 5.10 Å². The molecule has 0 aliphatic heterocycles. The molecule has 0 bridgehead atoms. The van der Waals surface area contributed by atoms with Gasteiger partial charge in [0.2, 0.25) is 0 Å². The van der Waals surface area contributed by atoms with Gasteiger partial charge in [0.15, 0.2) is 0 Å². The average Bonchev–Trinajstić information content (AvgIpc) is 2.99. The summed E-state index contributed by atoms with van der Waals surface area (Å²) in [6.07, 6.45) is 3.04. The standard InChI is InChI=1S/C18H19N5O2/c1-13-10-17(24)22(12-20-13)9-8-19-18(25)16-11-21-23(14(16)2)15-6-4-3-5-7-15/h3-7,10-12H,8-9H2,1-2H3,(H,19,25). The van der Waals surface area contributed by atoms with Crippen molar-refractivity contribution in [3.8, 4) is 5.69 Å². The van der Waals surface area contributed by atoms with Crippen LogP contribution in [-0.2, 0) is 6.54 Å². The second kappa shape index (κ2) is 7.12. The Morgan fingerprint density at radius 3 is 2.68 bits per heavy atom. The molecule has 0 unspecified atom stereocenters. The van der Waals surface area contributed by atoms with E-state index in [1.165, 1.54) is 17.0 Å². The molecule has 0 aliphatic rings. The highest BCUT2D eigenvalue weighted by Gasteiger charge is 2.14. The summed E-state index contributed by atoms with van der Waals surface area (Å²) in [4.78, 5) is 28.3. The van der Waals surface area contributed by atoms with E-state index in [4.69, 9.17) is 0 Å². The fourth-order valence-corrected chi connectivity index (χ4v) is 2.53. The molecule has 3 rings (SSSR count). The summed E-state index contributed by atoms with van der Waals surface area (Å²) in [6, 6.07) is 11.1. The van der Waals surface area contributed by atoms with Crippen LogP contribution in [0.3, 0.4) is 0 Å². The molecule has 1 amide bonds. The SMILES string of the molecule is Cc1cc(=O)n(CCNC(=O)c2cnn(-c3ccccc3)c2C)cn1. The van der Waals surface area contributed by atoms with Crippen LogP contribution in [0.4, 0.5) is 0 Å². The molecule has 7 heteroatoms. The van der Waals surface area contributed by atoms with Gasteiger partial charge >= 0.3 is 0 Å². The molecule has 0 atom stereocenters. The summed E-state index contributed by atoms with van der Waals surface area (Å²) in [5, 5.41) is 7.10. The number of carbonyl (C=O) groups excluding carboxylic acids is 1. The second-order valence-corrected chi connectivity index (χ2v) is 5.71. The Balaban J connectivity index is 1.66. The van der Waals surface area contributed by atoms with Gasteiger partial charge in [-0.05, 0) is 26.0 Å². The van der Waals surface area contributed by atoms with Gasteiger partial charge in [-0.3, -0.25) is 14.2 Å². The number of nitrogens with one attached hydrogen (secondary N) is 1. The van der Waals surface area contributed by atoms with Crippen LogP contribution in [0.1, 0.15) is 21.7 Å². The van der Waals surface area contributed by atoms with Crippen LogP contribution >= 0.6 is 0 Å². The van der Waals surface area contributed by atoms with Crippen molar-refractivity contribution in [3.05, 3.63) is 76.2 Å². The zero-order valence-electron chi connectivity index (χ0n) is 14.1. The Morgan fingerprint density at radius 2 is 1.96 bits per heavy atom. The minimum absolute atomic E-state index is 0.130. The fraction of sp³-hybridized carbons (Fsp3) is 0.222. The minimum atomic E-state index is -0.215. The van der Waals surface area contributed by atoms with Crippen molar-refractivity contribution in [3.63, 3.8) is 0 Å². The van der Waals surface area contributed by atoms with Crippen LogP contribution in [0.15, 0.2) is 53.7 Å². The number of hydrogen-bond donors (Lipinski definition) is 1. The molecule has 3 aromatic rings. The quantitative estimate of drug-likeness (QED) is 0.764. The molecular weight excluding hydrogens is 318 g/mol. The zero-order chi connectivity index (χ0) is 17.8. The predicted molar refractivity (Wildman–Crippen MR) is 93.9 cm³/mol. The van der Waals surface area contributed by atoms with Crippen LogP contribution in [0.25, 0.3) is 5.69 Å². The van der Waals surface area contributed by atoms with Crippen molar-refractivity contribution in [1.29, 1.82) is 0 Å².